The third-order valence-corrected chi connectivity index (χ3v) is 6.74. The summed E-state index contributed by atoms with van der Waals surface area (Å²) in [6.07, 6.45) is 0.241. The summed E-state index contributed by atoms with van der Waals surface area (Å²) in [6.45, 7) is 2.74. The van der Waals surface area contributed by atoms with E-state index in [-0.39, 0.29) is 0 Å². The summed E-state index contributed by atoms with van der Waals surface area (Å²) in [5.74, 6) is 0. The zero-order valence-electron chi connectivity index (χ0n) is 15.6. The molecular weight excluding hydrogens is 482 g/mol. The van der Waals surface area contributed by atoms with Gasteiger partial charge < -0.3 is 14.6 Å². The number of nitrogens with zero attached hydrogens (tertiary/aromatic N) is 2. The average Bonchev–Trinajstić information content (AvgIpc) is 2.98. The van der Waals surface area contributed by atoms with E-state index < -0.39 is 12.7 Å². The number of alkyl halides is 3. The van der Waals surface area contributed by atoms with Gasteiger partial charge >= 0.3 is 6.18 Å². The highest BCUT2D eigenvalue weighted by Crippen LogP contribution is 2.33. The van der Waals surface area contributed by atoms with Crippen molar-refractivity contribution in [2.75, 3.05) is 31.6 Å². The fraction of sp³-hybridized carbons (Fsp3) is 0.600. The Morgan fingerprint density at radius 2 is 1.82 bits per heavy atom. The summed E-state index contributed by atoms with van der Waals surface area (Å²) in [5, 5.41) is 4.48. The lowest BCUT2D eigenvalue weighted by Crippen LogP contribution is -2.46. The van der Waals surface area contributed by atoms with E-state index >= 15 is 0 Å². The first-order valence-corrected chi connectivity index (χ1v) is 10.9. The second kappa shape index (κ2) is 8.39. The molecule has 1 aromatic heterocycles. The second-order valence-corrected chi connectivity index (χ2v) is 8.81. The summed E-state index contributed by atoms with van der Waals surface area (Å²) in [5.41, 5.74) is 1.57. The standard InChI is InChI=1S/C20H25F3IN3O/c21-20(22,23)13-27-18-3-1-2-17(16(18)12-19(27)24)25-14-4-6-15(7-5-14)26-8-10-28-11-9-26/h1-3,12,14-15,25H,4-11,13H2/t14-,15+. The molecule has 2 fully saturated rings. The fourth-order valence-corrected chi connectivity index (χ4v) is 5.21. The number of aromatic nitrogens is 1. The van der Waals surface area contributed by atoms with E-state index in [0.717, 1.165) is 63.1 Å². The number of hydrogen-bond donors (Lipinski definition) is 1. The summed E-state index contributed by atoms with van der Waals surface area (Å²) < 4.78 is 46.2. The van der Waals surface area contributed by atoms with Gasteiger partial charge in [0.2, 0.25) is 0 Å². The molecule has 28 heavy (non-hydrogen) atoms. The minimum atomic E-state index is -4.23. The minimum Gasteiger partial charge on any atom is -0.382 e. The summed E-state index contributed by atoms with van der Waals surface area (Å²) in [6, 6.07) is 8.43. The van der Waals surface area contributed by atoms with Gasteiger partial charge in [-0.05, 0) is 66.5 Å². The maximum atomic E-state index is 12.9. The molecule has 1 aliphatic carbocycles. The zero-order valence-corrected chi connectivity index (χ0v) is 17.8. The van der Waals surface area contributed by atoms with Crippen LogP contribution in [0.2, 0.25) is 0 Å². The van der Waals surface area contributed by atoms with E-state index in [9.17, 15) is 13.2 Å². The Morgan fingerprint density at radius 3 is 2.50 bits per heavy atom. The molecule has 4 rings (SSSR count). The second-order valence-electron chi connectivity index (χ2n) is 7.70. The molecule has 0 amide bonds. The summed E-state index contributed by atoms with van der Waals surface area (Å²) in [4.78, 5) is 2.54. The monoisotopic (exact) mass is 507 g/mol. The van der Waals surface area contributed by atoms with Crippen molar-refractivity contribution in [3.63, 3.8) is 0 Å². The summed E-state index contributed by atoms with van der Waals surface area (Å²) in [7, 11) is 0. The van der Waals surface area contributed by atoms with Crippen LogP contribution in [0.1, 0.15) is 25.7 Å². The van der Waals surface area contributed by atoms with E-state index in [0.29, 0.717) is 21.3 Å². The van der Waals surface area contributed by atoms with Crippen LogP contribution in [0.15, 0.2) is 24.3 Å². The van der Waals surface area contributed by atoms with Crippen molar-refractivity contribution in [1.29, 1.82) is 0 Å². The van der Waals surface area contributed by atoms with Gasteiger partial charge in [0.15, 0.2) is 0 Å². The summed E-state index contributed by atoms with van der Waals surface area (Å²) >= 11 is 1.99. The largest absolute Gasteiger partial charge is 0.406 e. The van der Waals surface area contributed by atoms with Crippen molar-refractivity contribution >= 4 is 39.2 Å². The molecule has 0 atom stereocenters. The van der Waals surface area contributed by atoms with Crippen LogP contribution < -0.4 is 5.32 Å². The minimum absolute atomic E-state index is 0.367. The lowest BCUT2D eigenvalue weighted by Gasteiger charge is -2.39. The molecule has 2 heterocycles. The van der Waals surface area contributed by atoms with E-state index in [4.69, 9.17) is 4.74 Å². The van der Waals surface area contributed by atoms with Gasteiger partial charge in [0.05, 0.1) is 22.4 Å². The number of rotatable bonds is 4. The number of hydrogen-bond acceptors (Lipinski definition) is 3. The Morgan fingerprint density at radius 1 is 1.11 bits per heavy atom. The quantitative estimate of drug-likeness (QED) is 0.600. The molecule has 1 aliphatic heterocycles. The van der Waals surface area contributed by atoms with Crippen LogP contribution in [-0.4, -0.2) is 54.0 Å². The molecule has 154 valence electrons. The Balaban J connectivity index is 1.45. The van der Waals surface area contributed by atoms with Crippen molar-refractivity contribution in [3.8, 4) is 0 Å². The molecule has 2 aliphatic rings. The molecule has 1 saturated heterocycles. The predicted molar refractivity (Wildman–Crippen MR) is 113 cm³/mol. The highest BCUT2D eigenvalue weighted by molar-refractivity contribution is 14.1. The van der Waals surface area contributed by atoms with E-state index in [2.05, 4.69) is 10.2 Å². The van der Waals surface area contributed by atoms with Gasteiger partial charge in [-0.3, -0.25) is 4.90 Å². The van der Waals surface area contributed by atoms with Gasteiger partial charge in [-0.1, -0.05) is 6.07 Å². The van der Waals surface area contributed by atoms with E-state index in [1.807, 2.05) is 40.8 Å². The maximum absolute atomic E-state index is 12.9. The van der Waals surface area contributed by atoms with Crippen LogP contribution in [0.4, 0.5) is 18.9 Å². The number of ether oxygens (including phenoxy) is 1. The van der Waals surface area contributed by atoms with Gasteiger partial charge in [-0.25, -0.2) is 0 Å². The zero-order chi connectivity index (χ0) is 19.7. The Kier molecular flexibility index (Phi) is 6.08. The van der Waals surface area contributed by atoms with Gasteiger partial charge in [-0.15, -0.1) is 0 Å². The number of nitrogens with one attached hydrogen (secondary N) is 1. The predicted octanol–water partition coefficient (Wildman–Crippen LogP) is 4.86. The van der Waals surface area contributed by atoms with Crippen LogP contribution in [-0.2, 0) is 11.3 Å². The van der Waals surface area contributed by atoms with Gasteiger partial charge in [0.25, 0.3) is 0 Å². The first-order chi connectivity index (χ1) is 13.4. The molecule has 0 radical (unpaired) electrons. The number of morpholine rings is 1. The van der Waals surface area contributed by atoms with Crippen molar-refractivity contribution < 1.29 is 17.9 Å². The average molecular weight is 507 g/mol. The molecule has 8 heteroatoms. The van der Waals surface area contributed by atoms with E-state index in [1.54, 1.807) is 6.07 Å². The number of benzene rings is 1. The van der Waals surface area contributed by atoms with Crippen molar-refractivity contribution in [2.45, 2.75) is 50.5 Å². The highest BCUT2D eigenvalue weighted by Gasteiger charge is 2.30. The SMILES string of the molecule is FC(F)(F)Cn1c(I)cc2c(N[C@H]3CC[C@@H](N4CCOCC4)CC3)cccc21. The molecule has 1 aromatic carbocycles. The smallest absolute Gasteiger partial charge is 0.382 e. The van der Waals surface area contributed by atoms with Gasteiger partial charge in [-0.2, -0.15) is 13.2 Å². The molecule has 1 N–H and O–H groups in total. The lowest BCUT2D eigenvalue weighted by molar-refractivity contribution is -0.140. The fourth-order valence-electron chi connectivity index (χ4n) is 4.47. The van der Waals surface area contributed by atoms with Crippen LogP contribution in [0.25, 0.3) is 10.9 Å². The van der Waals surface area contributed by atoms with Gasteiger partial charge in [0, 0.05) is 36.2 Å². The Hall–Kier alpha value is -1.00. The van der Waals surface area contributed by atoms with Crippen molar-refractivity contribution in [1.82, 2.24) is 9.47 Å². The first kappa shape index (κ1) is 20.3. The first-order valence-electron chi connectivity index (χ1n) is 9.83. The van der Waals surface area contributed by atoms with Crippen molar-refractivity contribution in [2.24, 2.45) is 0 Å². The molecular formula is C20H25F3IN3O. The lowest BCUT2D eigenvalue weighted by atomic mass is 9.89. The highest BCUT2D eigenvalue weighted by atomic mass is 127. The van der Waals surface area contributed by atoms with Crippen LogP contribution in [0.5, 0.6) is 0 Å². The van der Waals surface area contributed by atoms with Crippen molar-refractivity contribution in [3.05, 3.63) is 28.0 Å². The number of anilines is 1. The molecule has 0 spiro atoms. The topological polar surface area (TPSA) is 29.4 Å². The third kappa shape index (κ3) is 4.59. The van der Waals surface area contributed by atoms with Gasteiger partial charge in [0.1, 0.15) is 6.54 Å². The van der Waals surface area contributed by atoms with Crippen LogP contribution >= 0.6 is 22.6 Å². The number of fused-ring (bicyclic) bond motifs is 1. The van der Waals surface area contributed by atoms with Crippen LogP contribution in [0, 0.1) is 3.70 Å². The van der Waals surface area contributed by atoms with Crippen LogP contribution in [0.3, 0.4) is 0 Å². The Labute approximate surface area is 176 Å². The molecule has 4 nitrogen and oxygen atoms in total. The molecule has 2 aromatic rings. The molecule has 1 saturated carbocycles. The molecule has 0 unspecified atom stereocenters. The van der Waals surface area contributed by atoms with E-state index in [1.165, 1.54) is 4.57 Å². The number of halogens is 4. The third-order valence-electron chi connectivity index (χ3n) is 5.85. The normalized spacial score (nSPS) is 24.6. The molecule has 0 bridgehead atoms. The Bertz CT molecular complexity index is 809. The maximum Gasteiger partial charge on any atom is 0.406 e.